The lowest BCUT2D eigenvalue weighted by Crippen LogP contribution is -2.50. The van der Waals surface area contributed by atoms with Crippen LogP contribution in [0, 0.1) is 0 Å². The normalized spacial score (nSPS) is 14.1. The third-order valence-electron chi connectivity index (χ3n) is 4.64. The molecule has 6 heteroatoms. The second-order valence-corrected chi connectivity index (χ2v) is 6.80. The van der Waals surface area contributed by atoms with E-state index in [1.807, 2.05) is 72.8 Å². The molecule has 0 spiro atoms. The molecule has 2 aromatic carbocycles. The van der Waals surface area contributed by atoms with Gasteiger partial charge in [-0.2, -0.15) is 0 Å². The van der Waals surface area contributed by atoms with Crippen LogP contribution in [-0.4, -0.2) is 46.4 Å². The molecular formula is C21H21N5S. The summed E-state index contributed by atoms with van der Waals surface area (Å²) in [4.78, 5) is 4.45. The number of anilines is 2. The van der Waals surface area contributed by atoms with Gasteiger partial charge in [-0.15, -0.1) is 10.2 Å². The molecule has 4 rings (SSSR count). The van der Waals surface area contributed by atoms with Crippen molar-refractivity contribution in [2.75, 3.05) is 36.4 Å². The number of para-hydroxylation sites is 1. The van der Waals surface area contributed by atoms with E-state index in [1.54, 1.807) is 0 Å². The quantitative estimate of drug-likeness (QED) is 0.705. The van der Waals surface area contributed by atoms with Gasteiger partial charge in [0, 0.05) is 37.4 Å². The fraction of sp³-hybridized carbons (Fsp3) is 0.190. The van der Waals surface area contributed by atoms with Gasteiger partial charge in [0.05, 0.1) is 5.69 Å². The van der Waals surface area contributed by atoms with Gasteiger partial charge in [-0.3, -0.25) is 0 Å². The van der Waals surface area contributed by atoms with E-state index in [0.717, 1.165) is 54.1 Å². The number of benzene rings is 2. The zero-order valence-electron chi connectivity index (χ0n) is 15.0. The lowest BCUT2D eigenvalue weighted by atomic mass is 10.1. The highest BCUT2D eigenvalue weighted by Gasteiger charge is 2.20. The van der Waals surface area contributed by atoms with E-state index in [-0.39, 0.29) is 0 Å². The van der Waals surface area contributed by atoms with Crippen LogP contribution in [0.2, 0.25) is 0 Å². The van der Waals surface area contributed by atoms with E-state index in [4.69, 9.17) is 12.2 Å². The number of nitrogens with zero attached hydrogens (tertiary/aromatic N) is 4. The average Bonchev–Trinajstić information content (AvgIpc) is 2.75. The molecule has 1 saturated heterocycles. The molecule has 1 aromatic heterocycles. The van der Waals surface area contributed by atoms with E-state index in [0.29, 0.717) is 0 Å². The summed E-state index contributed by atoms with van der Waals surface area (Å²) >= 11 is 5.55. The van der Waals surface area contributed by atoms with Crippen LogP contribution in [0.15, 0.2) is 72.8 Å². The minimum atomic E-state index is 0.770. The molecule has 1 fully saturated rings. The highest BCUT2D eigenvalue weighted by molar-refractivity contribution is 7.80. The molecule has 1 aliphatic heterocycles. The number of thiocarbonyl (C=S) groups is 1. The summed E-state index contributed by atoms with van der Waals surface area (Å²) in [5.41, 5.74) is 3.00. The highest BCUT2D eigenvalue weighted by atomic mass is 32.1. The van der Waals surface area contributed by atoms with Crippen LogP contribution in [0.3, 0.4) is 0 Å². The standard InChI is InChI=1S/C21H21N5S/c27-21(22-18-9-5-2-6-10-18)26-15-13-25(14-16-26)20-12-11-19(23-24-20)17-7-3-1-4-8-17/h1-12H,13-16H2,(H,22,27). The van der Waals surface area contributed by atoms with Gasteiger partial charge in [0.1, 0.15) is 0 Å². The van der Waals surface area contributed by atoms with Gasteiger partial charge in [0.25, 0.3) is 0 Å². The second kappa shape index (κ2) is 8.14. The summed E-state index contributed by atoms with van der Waals surface area (Å²) in [6.07, 6.45) is 0. The molecule has 1 N–H and O–H groups in total. The fourth-order valence-electron chi connectivity index (χ4n) is 3.12. The van der Waals surface area contributed by atoms with Crippen molar-refractivity contribution in [3.63, 3.8) is 0 Å². The van der Waals surface area contributed by atoms with Crippen LogP contribution in [-0.2, 0) is 0 Å². The van der Waals surface area contributed by atoms with Crippen molar-refractivity contribution in [2.45, 2.75) is 0 Å². The maximum atomic E-state index is 5.55. The summed E-state index contributed by atoms with van der Waals surface area (Å²) in [6, 6.07) is 24.2. The van der Waals surface area contributed by atoms with E-state index in [9.17, 15) is 0 Å². The van der Waals surface area contributed by atoms with E-state index < -0.39 is 0 Å². The molecule has 0 aliphatic carbocycles. The van der Waals surface area contributed by atoms with Crippen molar-refractivity contribution >= 4 is 28.8 Å². The Bertz CT molecular complexity index is 875. The monoisotopic (exact) mass is 375 g/mol. The molecule has 0 amide bonds. The Morgan fingerprint density at radius 2 is 1.44 bits per heavy atom. The number of aromatic nitrogens is 2. The van der Waals surface area contributed by atoms with Crippen molar-refractivity contribution in [1.82, 2.24) is 15.1 Å². The Morgan fingerprint density at radius 3 is 2.07 bits per heavy atom. The van der Waals surface area contributed by atoms with Gasteiger partial charge >= 0.3 is 0 Å². The van der Waals surface area contributed by atoms with Crippen LogP contribution in [0.4, 0.5) is 11.5 Å². The fourth-order valence-corrected chi connectivity index (χ4v) is 3.42. The Kier molecular flexibility index (Phi) is 5.25. The molecule has 3 aromatic rings. The molecule has 136 valence electrons. The van der Waals surface area contributed by atoms with Crippen molar-refractivity contribution in [3.05, 3.63) is 72.8 Å². The minimum Gasteiger partial charge on any atom is -0.352 e. The molecule has 0 atom stereocenters. The number of hydrogen-bond donors (Lipinski definition) is 1. The van der Waals surface area contributed by atoms with Crippen molar-refractivity contribution in [2.24, 2.45) is 0 Å². The number of hydrogen-bond acceptors (Lipinski definition) is 4. The molecule has 0 radical (unpaired) electrons. The van der Waals surface area contributed by atoms with E-state index in [1.165, 1.54) is 0 Å². The summed E-state index contributed by atoms with van der Waals surface area (Å²) in [5, 5.41) is 12.9. The minimum absolute atomic E-state index is 0.770. The molecule has 5 nitrogen and oxygen atoms in total. The first-order valence-electron chi connectivity index (χ1n) is 9.05. The maximum absolute atomic E-state index is 5.55. The second-order valence-electron chi connectivity index (χ2n) is 6.41. The molecule has 2 heterocycles. The highest BCUT2D eigenvalue weighted by Crippen LogP contribution is 2.19. The van der Waals surface area contributed by atoms with E-state index in [2.05, 4.69) is 25.3 Å². The van der Waals surface area contributed by atoms with Gasteiger partial charge in [0.15, 0.2) is 10.9 Å². The average molecular weight is 376 g/mol. The molecule has 0 bridgehead atoms. The molecular weight excluding hydrogens is 354 g/mol. The first-order chi connectivity index (χ1) is 13.3. The van der Waals surface area contributed by atoms with Crippen LogP contribution < -0.4 is 10.2 Å². The SMILES string of the molecule is S=C(Nc1ccccc1)N1CCN(c2ccc(-c3ccccc3)nn2)CC1. The van der Waals surface area contributed by atoms with Crippen LogP contribution in [0.5, 0.6) is 0 Å². The van der Waals surface area contributed by atoms with Gasteiger partial charge in [0.2, 0.25) is 0 Å². The van der Waals surface area contributed by atoms with Crippen molar-refractivity contribution in [1.29, 1.82) is 0 Å². The zero-order chi connectivity index (χ0) is 18.5. The Hall–Kier alpha value is -2.99. The lowest BCUT2D eigenvalue weighted by Gasteiger charge is -2.36. The third-order valence-corrected chi connectivity index (χ3v) is 5.00. The smallest absolute Gasteiger partial charge is 0.173 e. The number of nitrogens with one attached hydrogen (secondary N) is 1. The predicted octanol–water partition coefficient (Wildman–Crippen LogP) is 3.66. The summed E-state index contributed by atoms with van der Waals surface area (Å²) in [6.45, 7) is 3.47. The molecule has 0 unspecified atom stereocenters. The summed E-state index contributed by atoms with van der Waals surface area (Å²) < 4.78 is 0. The van der Waals surface area contributed by atoms with Gasteiger partial charge < -0.3 is 15.1 Å². The Balaban J connectivity index is 1.34. The molecule has 0 saturated carbocycles. The zero-order valence-corrected chi connectivity index (χ0v) is 15.8. The third kappa shape index (κ3) is 4.23. The summed E-state index contributed by atoms with van der Waals surface area (Å²) in [5.74, 6) is 0.913. The van der Waals surface area contributed by atoms with Crippen LogP contribution >= 0.6 is 12.2 Å². The first kappa shape index (κ1) is 17.4. The van der Waals surface area contributed by atoms with Crippen LogP contribution in [0.1, 0.15) is 0 Å². The maximum Gasteiger partial charge on any atom is 0.173 e. The van der Waals surface area contributed by atoms with Gasteiger partial charge in [-0.1, -0.05) is 48.5 Å². The van der Waals surface area contributed by atoms with Crippen LogP contribution in [0.25, 0.3) is 11.3 Å². The topological polar surface area (TPSA) is 44.3 Å². The molecule has 27 heavy (non-hydrogen) atoms. The van der Waals surface area contributed by atoms with Crippen molar-refractivity contribution < 1.29 is 0 Å². The Morgan fingerprint density at radius 1 is 0.778 bits per heavy atom. The number of rotatable bonds is 3. The largest absolute Gasteiger partial charge is 0.352 e. The van der Waals surface area contributed by atoms with Gasteiger partial charge in [-0.05, 0) is 36.5 Å². The predicted molar refractivity (Wildman–Crippen MR) is 114 cm³/mol. The number of piperazine rings is 1. The lowest BCUT2D eigenvalue weighted by molar-refractivity contribution is 0.389. The van der Waals surface area contributed by atoms with Crippen molar-refractivity contribution in [3.8, 4) is 11.3 Å². The summed E-state index contributed by atoms with van der Waals surface area (Å²) in [7, 11) is 0. The first-order valence-corrected chi connectivity index (χ1v) is 9.45. The Labute approximate surface area is 164 Å². The van der Waals surface area contributed by atoms with Gasteiger partial charge in [-0.25, -0.2) is 0 Å². The molecule has 1 aliphatic rings. The van der Waals surface area contributed by atoms with E-state index >= 15 is 0 Å².